The monoisotopic (exact) mass is 264 g/mol. The Hall–Kier alpha value is -1.88. The molecule has 0 aromatic heterocycles. The first kappa shape index (κ1) is 15.2. The normalized spacial score (nSPS) is 13.7. The molecule has 0 fully saturated rings. The minimum absolute atomic E-state index is 0.0399. The summed E-state index contributed by atoms with van der Waals surface area (Å²) in [6.07, 6.45) is 0.786. The lowest BCUT2D eigenvalue weighted by Gasteiger charge is -2.18. The number of hydrogen-bond donors (Lipinski definition) is 3. The molecule has 1 rings (SSSR count). The molecule has 0 aliphatic carbocycles. The summed E-state index contributed by atoms with van der Waals surface area (Å²) in [7, 11) is 0. The van der Waals surface area contributed by atoms with Crippen molar-refractivity contribution in [1.29, 1.82) is 0 Å². The van der Waals surface area contributed by atoms with Gasteiger partial charge >= 0.3 is 5.97 Å². The van der Waals surface area contributed by atoms with E-state index in [1.807, 2.05) is 13.8 Å². The number of aryl methyl sites for hydroxylation is 1. The zero-order valence-corrected chi connectivity index (χ0v) is 11.4. The van der Waals surface area contributed by atoms with E-state index >= 15 is 0 Å². The van der Waals surface area contributed by atoms with E-state index in [0.717, 1.165) is 6.42 Å². The summed E-state index contributed by atoms with van der Waals surface area (Å²) in [5, 5.41) is 11.8. The van der Waals surface area contributed by atoms with Crippen molar-refractivity contribution < 1.29 is 14.7 Å². The SMILES string of the molecule is CCC(C)[C@H](N)C(=O)Nc1cccc(C)c1C(=O)O. The van der Waals surface area contributed by atoms with Crippen LogP contribution in [-0.2, 0) is 4.79 Å². The van der Waals surface area contributed by atoms with Gasteiger partial charge in [-0.3, -0.25) is 4.79 Å². The van der Waals surface area contributed by atoms with Crippen LogP contribution < -0.4 is 11.1 Å². The van der Waals surface area contributed by atoms with E-state index in [-0.39, 0.29) is 23.1 Å². The van der Waals surface area contributed by atoms with Gasteiger partial charge in [0.25, 0.3) is 0 Å². The maximum Gasteiger partial charge on any atom is 0.338 e. The highest BCUT2D eigenvalue weighted by Gasteiger charge is 2.21. The molecule has 1 aromatic rings. The third-order valence-electron chi connectivity index (χ3n) is 3.30. The summed E-state index contributed by atoms with van der Waals surface area (Å²) in [6.45, 7) is 5.53. The second-order valence-electron chi connectivity index (χ2n) is 4.70. The van der Waals surface area contributed by atoms with Gasteiger partial charge in [-0.1, -0.05) is 32.4 Å². The van der Waals surface area contributed by atoms with Gasteiger partial charge in [0, 0.05) is 0 Å². The fraction of sp³-hybridized carbons (Fsp3) is 0.429. The third kappa shape index (κ3) is 3.54. The van der Waals surface area contributed by atoms with Crippen LogP contribution in [0.4, 0.5) is 5.69 Å². The fourth-order valence-electron chi connectivity index (χ4n) is 1.78. The third-order valence-corrected chi connectivity index (χ3v) is 3.30. The van der Waals surface area contributed by atoms with Crippen molar-refractivity contribution in [1.82, 2.24) is 0 Å². The Kier molecular flexibility index (Phi) is 5.06. The lowest BCUT2D eigenvalue weighted by atomic mass is 9.99. The molecule has 104 valence electrons. The maximum atomic E-state index is 12.0. The number of nitrogens with one attached hydrogen (secondary N) is 1. The second-order valence-corrected chi connectivity index (χ2v) is 4.70. The largest absolute Gasteiger partial charge is 0.478 e. The Labute approximate surface area is 112 Å². The Morgan fingerprint density at radius 2 is 2.05 bits per heavy atom. The van der Waals surface area contributed by atoms with E-state index in [2.05, 4.69) is 5.32 Å². The Morgan fingerprint density at radius 1 is 1.42 bits per heavy atom. The van der Waals surface area contributed by atoms with Crippen molar-refractivity contribution in [3.05, 3.63) is 29.3 Å². The van der Waals surface area contributed by atoms with Crippen LogP contribution >= 0.6 is 0 Å². The lowest BCUT2D eigenvalue weighted by molar-refractivity contribution is -0.118. The van der Waals surface area contributed by atoms with Gasteiger partial charge < -0.3 is 16.2 Å². The summed E-state index contributed by atoms with van der Waals surface area (Å²) in [4.78, 5) is 23.2. The zero-order chi connectivity index (χ0) is 14.6. The molecular weight excluding hydrogens is 244 g/mol. The van der Waals surface area contributed by atoms with Crippen molar-refractivity contribution in [2.45, 2.75) is 33.2 Å². The first-order valence-corrected chi connectivity index (χ1v) is 6.27. The minimum Gasteiger partial charge on any atom is -0.478 e. The maximum absolute atomic E-state index is 12.0. The van der Waals surface area contributed by atoms with E-state index in [9.17, 15) is 14.7 Å². The van der Waals surface area contributed by atoms with Crippen LogP contribution in [0.3, 0.4) is 0 Å². The van der Waals surface area contributed by atoms with Crippen LogP contribution in [0.15, 0.2) is 18.2 Å². The van der Waals surface area contributed by atoms with Crippen LogP contribution in [-0.4, -0.2) is 23.0 Å². The van der Waals surface area contributed by atoms with E-state index in [4.69, 9.17) is 5.73 Å². The number of carbonyl (C=O) groups excluding carboxylic acids is 1. The molecule has 0 saturated carbocycles. The predicted octanol–water partition coefficient (Wildman–Crippen LogP) is 2.01. The molecule has 1 unspecified atom stereocenters. The van der Waals surface area contributed by atoms with Gasteiger partial charge in [0.2, 0.25) is 5.91 Å². The Morgan fingerprint density at radius 3 is 2.58 bits per heavy atom. The van der Waals surface area contributed by atoms with Crippen LogP contribution in [0.2, 0.25) is 0 Å². The second kappa shape index (κ2) is 6.33. The number of amides is 1. The number of carboxylic acid groups (broad SMARTS) is 1. The highest BCUT2D eigenvalue weighted by molar-refractivity contribution is 6.03. The average Bonchev–Trinajstić information content (AvgIpc) is 2.36. The molecule has 0 spiro atoms. The summed E-state index contributed by atoms with van der Waals surface area (Å²) in [5.41, 5.74) is 6.82. The van der Waals surface area contributed by atoms with E-state index < -0.39 is 12.0 Å². The molecule has 0 radical (unpaired) electrons. The molecule has 5 heteroatoms. The standard InChI is InChI=1S/C14H20N2O3/c1-4-8(2)12(15)13(17)16-10-7-5-6-9(3)11(10)14(18)19/h5-8,12H,4,15H2,1-3H3,(H,16,17)(H,18,19)/t8?,12-/m0/s1. The number of anilines is 1. The molecule has 1 aromatic carbocycles. The molecule has 0 aliphatic rings. The number of nitrogens with two attached hydrogens (primary N) is 1. The van der Waals surface area contributed by atoms with Gasteiger partial charge in [0.05, 0.1) is 17.3 Å². The minimum atomic E-state index is -1.06. The average molecular weight is 264 g/mol. The molecule has 5 nitrogen and oxygen atoms in total. The van der Waals surface area contributed by atoms with Crippen LogP contribution in [0, 0.1) is 12.8 Å². The van der Waals surface area contributed by atoms with Crippen LogP contribution in [0.5, 0.6) is 0 Å². The molecule has 19 heavy (non-hydrogen) atoms. The molecular formula is C14H20N2O3. The number of rotatable bonds is 5. The zero-order valence-electron chi connectivity index (χ0n) is 11.4. The molecule has 0 heterocycles. The van der Waals surface area contributed by atoms with Crippen molar-refractivity contribution in [3.8, 4) is 0 Å². The molecule has 2 atom stereocenters. The van der Waals surface area contributed by atoms with E-state index in [1.54, 1.807) is 25.1 Å². The van der Waals surface area contributed by atoms with E-state index in [1.165, 1.54) is 0 Å². The number of aromatic carboxylic acids is 1. The van der Waals surface area contributed by atoms with Gasteiger partial charge in [0.15, 0.2) is 0 Å². The smallest absolute Gasteiger partial charge is 0.338 e. The van der Waals surface area contributed by atoms with Crippen molar-refractivity contribution in [2.75, 3.05) is 5.32 Å². The Bertz CT molecular complexity index is 486. The number of hydrogen-bond acceptors (Lipinski definition) is 3. The van der Waals surface area contributed by atoms with Gasteiger partial charge in [-0.15, -0.1) is 0 Å². The Balaban J connectivity index is 2.97. The first-order chi connectivity index (χ1) is 8.88. The van der Waals surface area contributed by atoms with Gasteiger partial charge in [-0.25, -0.2) is 4.79 Å². The van der Waals surface area contributed by atoms with Gasteiger partial charge in [0.1, 0.15) is 0 Å². The lowest BCUT2D eigenvalue weighted by Crippen LogP contribution is -2.40. The summed E-state index contributed by atoms with van der Waals surface area (Å²) in [5.74, 6) is -1.38. The topological polar surface area (TPSA) is 92.4 Å². The van der Waals surface area contributed by atoms with Crippen LogP contribution in [0.1, 0.15) is 36.2 Å². The first-order valence-electron chi connectivity index (χ1n) is 6.27. The highest BCUT2D eigenvalue weighted by Crippen LogP contribution is 2.20. The van der Waals surface area contributed by atoms with E-state index in [0.29, 0.717) is 5.56 Å². The van der Waals surface area contributed by atoms with Gasteiger partial charge in [-0.2, -0.15) is 0 Å². The summed E-state index contributed by atoms with van der Waals surface area (Å²) >= 11 is 0. The van der Waals surface area contributed by atoms with Crippen LogP contribution in [0.25, 0.3) is 0 Å². The molecule has 4 N–H and O–H groups in total. The molecule has 0 bridgehead atoms. The van der Waals surface area contributed by atoms with Crippen molar-refractivity contribution in [2.24, 2.45) is 11.7 Å². The number of benzene rings is 1. The van der Waals surface area contributed by atoms with Crippen molar-refractivity contribution in [3.63, 3.8) is 0 Å². The summed E-state index contributed by atoms with van der Waals surface area (Å²) < 4.78 is 0. The quantitative estimate of drug-likeness (QED) is 0.758. The molecule has 0 saturated heterocycles. The van der Waals surface area contributed by atoms with Crippen molar-refractivity contribution >= 4 is 17.6 Å². The predicted molar refractivity (Wildman–Crippen MR) is 74.2 cm³/mol. The van der Waals surface area contributed by atoms with Gasteiger partial charge in [-0.05, 0) is 24.5 Å². The molecule has 0 aliphatic heterocycles. The number of carboxylic acids is 1. The molecule has 1 amide bonds. The fourth-order valence-corrected chi connectivity index (χ4v) is 1.78. The highest BCUT2D eigenvalue weighted by atomic mass is 16.4. The number of carbonyl (C=O) groups is 2. The summed E-state index contributed by atoms with van der Waals surface area (Å²) in [6, 6.07) is 4.31.